The first-order valence-corrected chi connectivity index (χ1v) is 9.74. The molecule has 0 atom stereocenters. The van der Waals surface area contributed by atoms with Crippen molar-refractivity contribution in [2.75, 3.05) is 18.9 Å². The number of carbonyl (C=O) groups excluding carboxylic acids is 1. The van der Waals surface area contributed by atoms with Crippen LogP contribution in [0.2, 0.25) is 0 Å². The molecule has 9 heteroatoms. The van der Waals surface area contributed by atoms with Gasteiger partial charge in [-0.15, -0.1) is 0 Å². The SMILES string of the molecule is CNc1ncc(C(=O)N2CCc3c(cnc(C)c3-c3noc(C4CC4)n3)C2)cn1. The summed E-state index contributed by atoms with van der Waals surface area (Å²) in [6.07, 6.45) is 7.88. The molecule has 29 heavy (non-hydrogen) atoms. The molecule has 0 radical (unpaired) electrons. The van der Waals surface area contributed by atoms with Gasteiger partial charge < -0.3 is 14.7 Å². The molecule has 9 nitrogen and oxygen atoms in total. The van der Waals surface area contributed by atoms with E-state index in [0.29, 0.717) is 42.8 Å². The number of hydrogen-bond acceptors (Lipinski definition) is 8. The van der Waals surface area contributed by atoms with Gasteiger partial charge in [0.2, 0.25) is 17.7 Å². The molecule has 1 amide bonds. The van der Waals surface area contributed by atoms with Crippen LogP contribution in [0.5, 0.6) is 0 Å². The summed E-state index contributed by atoms with van der Waals surface area (Å²) in [6.45, 7) is 3.04. The van der Waals surface area contributed by atoms with E-state index in [2.05, 4.69) is 30.4 Å². The number of carbonyl (C=O) groups is 1. The molecule has 0 bridgehead atoms. The number of nitrogens with one attached hydrogen (secondary N) is 1. The van der Waals surface area contributed by atoms with Crippen molar-refractivity contribution in [1.82, 2.24) is 30.0 Å². The fourth-order valence-corrected chi connectivity index (χ4v) is 3.70. The summed E-state index contributed by atoms with van der Waals surface area (Å²) < 4.78 is 5.45. The van der Waals surface area contributed by atoms with Crippen LogP contribution in [-0.4, -0.2) is 49.5 Å². The highest BCUT2D eigenvalue weighted by Gasteiger charge is 2.31. The molecule has 1 fully saturated rings. The number of pyridine rings is 1. The van der Waals surface area contributed by atoms with E-state index in [1.54, 1.807) is 24.3 Å². The number of aromatic nitrogens is 5. The summed E-state index contributed by atoms with van der Waals surface area (Å²) in [5.41, 5.74) is 4.44. The summed E-state index contributed by atoms with van der Waals surface area (Å²) in [5, 5.41) is 7.06. The number of anilines is 1. The number of rotatable bonds is 4. The molecule has 0 unspecified atom stereocenters. The van der Waals surface area contributed by atoms with Crippen LogP contribution in [0, 0.1) is 6.92 Å². The predicted molar refractivity (Wildman–Crippen MR) is 104 cm³/mol. The monoisotopic (exact) mass is 391 g/mol. The van der Waals surface area contributed by atoms with Crippen LogP contribution in [0.4, 0.5) is 5.95 Å². The van der Waals surface area contributed by atoms with E-state index in [0.717, 1.165) is 41.1 Å². The molecule has 1 aliphatic heterocycles. The molecule has 4 heterocycles. The first kappa shape index (κ1) is 17.7. The second-order valence-electron chi connectivity index (χ2n) is 7.47. The fourth-order valence-electron chi connectivity index (χ4n) is 3.70. The van der Waals surface area contributed by atoms with Crippen LogP contribution >= 0.6 is 0 Å². The minimum absolute atomic E-state index is 0.0870. The van der Waals surface area contributed by atoms with Gasteiger partial charge in [0.1, 0.15) is 0 Å². The number of hydrogen-bond donors (Lipinski definition) is 1. The van der Waals surface area contributed by atoms with Gasteiger partial charge in [0, 0.05) is 55.9 Å². The summed E-state index contributed by atoms with van der Waals surface area (Å²) in [5.74, 6) is 2.13. The van der Waals surface area contributed by atoms with E-state index < -0.39 is 0 Å². The zero-order chi connectivity index (χ0) is 20.0. The van der Waals surface area contributed by atoms with Gasteiger partial charge in [-0.3, -0.25) is 9.78 Å². The largest absolute Gasteiger partial charge is 0.357 e. The van der Waals surface area contributed by atoms with Crippen molar-refractivity contribution in [3.63, 3.8) is 0 Å². The standard InChI is InChI=1S/C20H21N7O2/c1-11-16(17-25-18(29-26-17)12-3-4-12)15-5-6-27(10-14(15)9-22-11)19(28)13-7-23-20(21-2)24-8-13/h7-9,12H,3-6,10H2,1-2H3,(H,21,23,24). The first-order valence-electron chi connectivity index (χ1n) is 9.74. The van der Waals surface area contributed by atoms with Crippen molar-refractivity contribution < 1.29 is 9.32 Å². The lowest BCUT2D eigenvalue weighted by atomic mass is 9.94. The topological polar surface area (TPSA) is 110 Å². The molecule has 148 valence electrons. The zero-order valence-electron chi connectivity index (χ0n) is 16.3. The Bertz CT molecular complexity index is 1070. The molecule has 0 saturated heterocycles. The Kier molecular flexibility index (Phi) is 4.22. The van der Waals surface area contributed by atoms with E-state index in [1.807, 2.05) is 13.1 Å². The molecule has 0 aromatic carbocycles. The maximum atomic E-state index is 12.9. The maximum absolute atomic E-state index is 12.9. The third-order valence-corrected chi connectivity index (χ3v) is 5.46. The molecule has 5 rings (SSSR count). The molecule has 3 aromatic rings. The molecule has 1 N–H and O–H groups in total. The number of nitrogens with zero attached hydrogens (tertiary/aromatic N) is 6. The molecule has 2 aliphatic rings. The number of amides is 1. The lowest BCUT2D eigenvalue weighted by Crippen LogP contribution is -2.36. The van der Waals surface area contributed by atoms with Crippen LogP contribution < -0.4 is 5.32 Å². The fraction of sp³-hybridized carbons (Fsp3) is 0.400. The van der Waals surface area contributed by atoms with Gasteiger partial charge in [0.05, 0.1) is 5.56 Å². The molecule has 3 aromatic heterocycles. The van der Waals surface area contributed by atoms with E-state index in [4.69, 9.17) is 4.52 Å². The summed E-state index contributed by atoms with van der Waals surface area (Å²) in [7, 11) is 1.74. The Morgan fingerprint density at radius 3 is 2.72 bits per heavy atom. The van der Waals surface area contributed by atoms with Crippen LogP contribution in [0.1, 0.15) is 51.8 Å². The van der Waals surface area contributed by atoms with Crippen molar-refractivity contribution in [2.45, 2.75) is 38.6 Å². The highest BCUT2D eigenvalue weighted by molar-refractivity contribution is 5.94. The molecular weight excluding hydrogens is 370 g/mol. The van der Waals surface area contributed by atoms with Gasteiger partial charge in [0.15, 0.2) is 0 Å². The van der Waals surface area contributed by atoms with Crippen molar-refractivity contribution >= 4 is 11.9 Å². The predicted octanol–water partition coefficient (Wildman–Crippen LogP) is 2.35. The molecule has 1 saturated carbocycles. The van der Waals surface area contributed by atoms with Crippen molar-refractivity contribution in [3.05, 3.63) is 46.9 Å². The van der Waals surface area contributed by atoms with Crippen molar-refractivity contribution in [2.24, 2.45) is 0 Å². The van der Waals surface area contributed by atoms with Crippen molar-refractivity contribution in [1.29, 1.82) is 0 Å². The van der Waals surface area contributed by atoms with E-state index in [1.165, 1.54) is 0 Å². The van der Waals surface area contributed by atoms with Gasteiger partial charge in [-0.1, -0.05) is 5.16 Å². The Hall–Kier alpha value is -3.36. The highest BCUT2D eigenvalue weighted by Crippen LogP contribution is 2.40. The number of aryl methyl sites for hydroxylation is 1. The quantitative estimate of drug-likeness (QED) is 0.722. The average Bonchev–Trinajstić information content (AvgIpc) is 3.50. The third kappa shape index (κ3) is 3.22. The van der Waals surface area contributed by atoms with E-state index in [-0.39, 0.29) is 5.91 Å². The van der Waals surface area contributed by atoms with Crippen LogP contribution in [0.3, 0.4) is 0 Å². The summed E-state index contributed by atoms with van der Waals surface area (Å²) in [6, 6.07) is 0. The van der Waals surface area contributed by atoms with Gasteiger partial charge in [0.25, 0.3) is 5.91 Å². The van der Waals surface area contributed by atoms with Gasteiger partial charge >= 0.3 is 0 Å². The maximum Gasteiger partial charge on any atom is 0.257 e. The van der Waals surface area contributed by atoms with Crippen LogP contribution in [-0.2, 0) is 13.0 Å². The lowest BCUT2D eigenvalue weighted by Gasteiger charge is -2.30. The van der Waals surface area contributed by atoms with Gasteiger partial charge in [-0.2, -0.15) is 4.98 Å². The smallest absolute Gasteiger partial charge is 0.257 e. The van der Waals surface area contributed by atoms with Crippen LogP contribution in [0.25, 0.3) is 11.4 Å². The summed E-state index contributed by atoms with van der Waals surface area (Å²) in [4.78, 5) is 32.1. The van der Waals surface area contributed by atoms with Gasteiger partial charge in [-0.25, -0.2) is 9.97 Å². The number of fused-ring (bicyclic) bond motifs is 1. The second kappa shape index (κ2) is 6.91. The molecule has 1 aliphatic carbocycles. The zero-order valence-corrected chi connectivity index (χ0v) is 16.3. The van der Waals surface area contributed by atoms with Crippen molar-refractivity contribution in [3.8, 4) is 11.4 Å². The average molecular weight is 391 g/mol. The highest BCUT2D eigenvalue weighted by atomic mass is 16.5. The second-order valence-corrected chi connectivity index (χ2v) is 7.47. The van der Waals surface area contributed by atoms with Gasteiger partial charge in [-0.05, 0) is 37.3 Å². The van der Waals surface area contributed by atoms with Crippen LogP contribution in [0.15, 0.2) is 23.1 Å². The Morgan fingerprint density at radius 2 is 2.00 bits per heavy atom. The first-order chi connectivity index (χ1) is 14.1. The minimum Gasteiger partial charge on any atom is -0.357 e. The lowest BCUT2D eigenvalue weighted by molar-refractivity contribution is 0.0733. The third-order valence-electron chi connectivity index (χ3n) is 5.46. The summed E-state index contributed by atoms with van der Waals surface area (Å²) >= 11 is 0. The Labute approximate surface area is 167 Å². The Balaban J connectivity index is 1.42. The molecular formula is C20H21N7O2. The normalized spacial score (nSPS) is 15.9. The minimum atomic E-state index is -0.0870. The van der Waals surface area contributed by atoms with E-state index in [9.17, 15) is 4.79 Å². The molecule has 0 spiro atoms. The Morgan fingerprint density at radius 1 is 1.21 bits per heavy atom. The van der Waals surface area contributed by atoms with E-state index >= 15 is 0 Å².